The third-order valence-corrected chi connectivity index (χ3v) is 4.98. The number of aryl methyl sites for hydroxylation is 1. The van der Waals surface area contributed by atoms with Gasteiger partial charge in [-0.1, -0.05) is 13.8 Å². The molecule has 0 aromatic heterocycles. The number of hydrogen-bond acceptors (Lipinski definition) is 3. The van der Waals surface area contributed by atoms with Gasteiger partial charge in [-0.3, -0.25) is 0 Å². The monoisotopic (exact) mass is 392 g/mol. The van der Waals surface area contributed by atoms with Crippen molar-refractivity contribution < 1.29 is 31.0 Å². The summed E-state index contributed by atoms with van der Waals surface area (Å²) in [6.45, 7) is 6.38. The van der Waals surface area contributed by atoms with E-state index in [2.05, 4.69) is 19.1 Å². The van der Waals surface area contributed by atoms with Gasteiger partial charge in [-0.15, -0.1) is 0 Å². The van der Waals surface area contributed by atoms with Crippen molar-refractivity contribution in [1.82, 2.24) is 0 Å². The Morgan fingerprint density at radius 2 is 1.95 bits per heavy atom. The van der Waals surface area contributed by atoms with E-state index in [0.717, 1.165) is 14.8 Å². The summed E-state index contributed by atoms with van der Waals surface area (Å²) < 4.78 is 7.61. The molecule has 4 heteroatoms. The van der Waals surface area contributed by atoms with Crippen molar-refractivity contribution in [3.63, 3.8) is 0 Å². The predicted octanol–water partition coefficient (Wildman–Crippen LogP) is -0.745. The van der Waals surface area contributed by atoms with Crippen LogP contribution in [0.25, 0.3) is 0 Å². The average molecular weight is 392 g/mol. The number of aliphatic hydroxyl groups is 1. The molecule has 1 aliphatic carbocycles. The van der Waals surface area contributed by atoms with Gasteiger partial charge in [-0.05, 0) is 6.04 Å². The van der Waals surface area contributed by atoms with Gasteiger partial charge in [-0.2, -0.15) is 0 Å². The van der Waals surface area contributed by atoms with Crippen molar-refractivity contribution in [2.45, 2.75) is 46.1 Å². The van der Waals surface area contributed by atoms with E-state index in [1.54, 1.807) is 0 Å². The summed E-state index contributed by atoms with van der Waals surface area (Å²) in [6.07, 6.45) is 3.65. The number of benzene rings is 1. The molecule has 1 aromatic carbocycles. The van der Waals surface area contributed by atoms with E-state index in [1.165, 1.54) is 36.0 Å². The molecule has 0 bridgehead atoms. The van der Waals surface area contributed by atoms with Crippen molar-refractivity contribution >= 4 is 0 Å². The Balaban J connectivity index is 0.000000444. The molecule has 3 N–H and O–H groups in total. The van der Waals surface area contributed by atoms with Gasteiger partial charge in [0.15, 0.2) is 0 Å². The summed E-state index contributed by atoms with van der Waals surface area (Å²) in [5.74, 6) is 1.09. The zero-order valence-electron chi connectivity index (χ0n) is 12.8. The van der Waals surface area contributed by atoms with Crippen molar-refractivity contribution in [1.29, 1.82) is 0 Å². The molecule has 2 rings (SSSR count). The van der Waals surface area contributed by atoms with Crippen LogP contribution in [0, 0.1) is 6.92 Å². The third kappa shape index (κ3) is 5.97. The summed E-state index contributed by atoms with van der Waals surface area (Å²) >= 11 is 0.0113. The van der Waals surface area contributed by atoms with Crippen LogP contribution < -0.4 is 31.7 Å². The molecule has 0 heterocycles. The maximum atomic E-state index is 8.73. The summed E-state index contributed by atoms with van der Waals surface area (Å²) in [4.78, 5) is 0. The number of fused-ring (bicyclic) bond motifs is 1. The molecule has 20 heavy (non-hydrogen) atoms. The van der Waals surface area contributed by atoms with Crippen LogP contribution >= 0.6 is 0 Å². The number of alkyl halides is 2. The second-order valence-corrected chi connectivity index (χ2v) is 8.07. The van der Waals surface area contributed by atoms with Crippen LogP contribution in [0.4, 0.5) is 0 Å². The molecule has 1 aliphatic rings. The van der Waals surface area contributed by atoms with E-state index >= 15 is 0 Å². The van der Waals surface area contributed by atoms with Gasteiger partial charge >= 0.3 is 107 Å². The van der Waals surface area contributed by atoms with E-state index in [1.807, 2.05) is 13.8 Å². The van der Waals surface area contributed by atoms with Crippen molar-refractivity contribution in [3.05, 3.63) is 28.8 Å². The first kappa shape index (κ1) is 17.7. The molecule has 0 fully saturated rings. The third-order valence-electron chi connectivity index (χ3n) is 2.98. The summed E-state index contributed by atoms with van der Waals surface area (Å²) in [7, 11) is 0. The molecular weight excluding hydrogens is 365 g/mol. The van der Waals surface area contributed by atoms with Crippen molar-refractivity contribution in [2.24, 2.45) is 5.73 Å². The zero-order chi connectivity index (χ0) is 15.0. The van der Waals surface area contributed by atoms with Crippen molar-refractivity contribution in [3.8, 4) is 5.75 Å². The van der Waals surface area contributed by atoms with Crippen molar-refractivity contribution in [2.75, 3.05) is 15.6 Å². The molecule has 0 unspecified atom stereocenters. The van der Waals surface area contributed by atoms with Gasteiger partial charge in [0.2, 0.25) is 0 Å². The number of ether oxygens (including phenoxy) is 1. The SMILES string of the molecule is CC(C)N.Cc1ccc(OC[I-]CCO)c2c1CCC2. The Morgan fingerprint density at radius 1 is 1.30 bits per heavy atom. The molecule has 0 radical (unpaired) electrons. The molecule has 3 nitrogen and oxygen atoms in total. The minimum absolute atomic E-state index is 0.0113. The Labute approximate surface area is 133 Å². The van der Waals surface area contributed by atoms with Gasteiger partial charge < -0.3 is 5.73 Å². The Kier molecular flexibility index (Phi) is 8.49. The Hall–Kier alpha value is -0.330. The molecule has 0 saturated heterocycles. The molecule has 0 aliphatic heterocycles. The topological polar surface area (TPSA) is 55.5 Å². The number of hydrogen-bond donors (Lipinski definition) is 2. The first-order valence-corrected chi connectivity index (χ1v) is 10.3. The van der Waals surface area contributed by atoms with Crippen LogP contribution in [0.2, 0.25) is 0 Å². The van der Waals surface area contributed by atoms with E-state index in [9.17, 15) is 0 Å². The molecular formula is C16H27INO2-. The fourth-order valence-electron chi connectivity index (χ4n) is 2.20. The standard InChI is InChI=1S/C13H18IO2.C3H9N/c1-10-5-6-13(16-9-14-7-8-15)12-4-2-3-11(10)12;1-3(2)4/h5-6,15H,2-4,7-9H2,1H3;3H,4H2,1-2H3/q-1;. The van der Waals surface area contributed by atoms with Gasteiger partial charge in [-0.25, -0.2) is 0 Å². The molecule has 0 saturated carbocycles. The normalized spacial score (nSPS) is 13.1. The van der Waals surface area contributed by atoms with Crippen LogP contribution in [0.5, 0.6) is 5.75 Å². The number of nitrogens with two attached hydrogens (primary N) is 1. The van der Waals surface area contributed by atoms with Gasteiger partial charge in [0, 0.05) is 0 Å². The van der Waals surface area contributed by atoms with E-state index in [4.69, 9.17) is 15.6 Å². The van der Waals surface area contributed by atoms with Gasteiger partial charge in [0.1, 0.15) is 0 Å². The van der Waals surface area contributed by atoms with Crippen LogP contribution in [0.15, 0.2) is 12.1 Å². The van der Waals surface area contributed by atoms with E-state index in [-0.39, 0.29) is 21.2 Å². The van der Waals surface area contributed by atoms with E-state index in [0.29, 0.717) is 12.6 Å². The number of halogens is 1. The van der Waals surface area contributed by atoms with Crippen LogP contribution in [-0.4, -0.2) is 26.8 Å². The molecule has 116 valence electrons. The minimum atomic E-state index is 0.0113. The first-order valence-electron chi connectivity index (χ1n) is 7.20. The molecule has 0 atom stereocenters. The molecule has 1 aromatic rings. The number of aliphatic hydroxyl groups excluding tert-OH is 1. The van der Waals surface area contributed by atoms with Crippen LogP contribution in [-0.2, 0) is 12.8 Å². The molecule has 0 amide bonds. The van der Waals surface area contributed by atoms with Crippen LogP contribution in [0.1, 0.15) is 37.0 Å². The summed E-state index contributed by atoms with van der Waals surface area (Å²) in [5.41, 5.74) is 9.47. The average Bonchev–Trinajstić information content (AvgIpc) is 2.86. The molecule has 0 spiro atoms. The fraction of sp³-hybridized carbons (Fsp3) is 0.625. The fourth-order valence-corrected chi connectivity index (χ4v) is 3.41. The predicted molar refractivity (Wildman–Crippen MR) is 80.0 cm³/mol. The second-order valence-electron chi connectivity index (χ2n) is 5.29. The van der Waals surface area contributed by atoms with Crippen LogP contribution in [0.3, 0.4) is 0 Å². The Morgan fingerprint density at radius 3 is 2.60 bits per heavy atom. The summed E-state index contributed by atoms with van der Waals surface area (Å²) in [5, 5.41) is 8.73. The van der Waals surface area contributed by atoms with E-state index < -0.39 is 0 Å². The summed E-state index contributed by atoms with van der Waals surface area (Å²) in [6, 6.07) is 4.62. The van der Waals surface area contributed by atoms with Gasteiger partial charge in [0.25, 0.3) is 0 Å². The zero-order valence-corrected chi connectivity index (χ0v) is 14.9. The Bertz CT molecular complexity index is 405. The second kappa shape index (κ2) is 9.58. The first-order chi connectivity index (χ1) is 9.56. The van der Waals surface area contributed by atoms with Gasteiger partial charge in [0.05, 0.1) is 0 Å². The quantitative estimate of drug-likeness (QED) is 0.394. The number of rotatable bonds is 5. The maximum absolute atomic E-state index is 8.73.